The molecule has 0 aliphatic carbocycles. The molecule has 13 rings (SSSR count). The number of thiophene rings is 1. The third-order valence-electron chi connectivity index (χ3n) is 12.6. The Hall–Kier alpha value is -7.92. The van der Waals surface area contributed by atoms with E-state index in [0.29, 0.717) is 0 Å². The lowest BCUT2D eigenvalue weighted by Crippen LogP contribution is -2.11. The van der Waals surface area contributed by atoms with Crippen molar-refractivity contribution < 1.29 is 4.42 Å². The van der Waals surface area contributed by atoms with Gasteiger partial charge in [-0.2, -0.15) is 0 Å². The second-order valence-corrected chi connectivity index (χ2v) is 17.0. The highest BCUT2D eigenvalue weighted by atomic mass is 32.1. The van der Waals surface area contributed by atoms with E-state index in [1.54, 1.807) is 0 Å². The number of nitrogens with zero attached hydrogens (tertiary/aromatic N) is 2. The van der Waals surface area contributed by atoms with Crippen LogP contribution in [0.4, 0.5) is 17.1 Å². The van der Waals surface area contributed by atoms with Gasteiger partial charge in [-0.05, 0) is 83.2 Å². The zero-order valence-electron chi connectivity index (χ0n) is 33.5. The highest BCUT2D eigenvalue weighted by Gasteiger charge is 2.25. The summed E-state index contributed by atoms with van der Waals surface area (Å²) in [4.78, 5) is 2.46. The summed E-state index contributed by atoms with van der Waals surface area (Å²) >= 11 is 1.87. The predicted molar refractivity (Wildman–Crippen MR) is 264 cm³/mol. The normalized spacial score (nSPS) is 11.9. The maximum absolute atomic E-state index is 6.83. The Kier molecular flexibility index (Phi) is 7.78. The van der Waals surface area contributed by atoms with Gasteiger partial charge in [0.1, 0.15) is 11.2 Å². The molecule has 0 aliphatic rings. The Morgan fingerprint density at radius 2 is 1.10 bits per heavy atom. The second kappa shape index (κ2) is 13.8. The van der Waals surface area contributed by atoms with Crippen LogP contribution < -0.4 is 4.90 Å². The molecule has 10 aromatic carbocycles. The molecule has 0 N–H and O–H groups in total. The van der Waals surface area contributed by atoms with E-state index in [-0.39, 0.29) is 0 Å². The Bertz CT molecular complexity index is 3890. The smallest absolute Gasteiger partial charge is 0.143 e. The molecule has 0 saturated heterocycles. The van der Waals surface area contributed by atoms with Crippen LogP contribution in [-0.4, -0.2) is 4.57 Å². The van der Waals surface area contributed by atoms with Crippen LogP contribution >= 0.6 is 11.3 Å². The van der Waals surface area contributed by atoms with Crippen LogP contribution in [0.25, 0.3) is 103 Å². The van der Waals surface area contributed by atoms with Gasteiger partial charge in [-0.25, -0.2) is 0 Å². The number of hydrogen-bond donors (Lipinski definition) is 0. The summed E-state index contributed by atoms with van der Waals surface area (Å²) in [5, 5.41) is 9.50. The number of aromatic nitrogens is 1. The number of anilines is 3. The van der Waals surface area contributed by atoms with Gasteiger partial charge in [-0.15, -0.1) is 11.3 Å². The Morgan fingerprint density at radius 1 is 0.419 bits per heavy atom. The zero-order valence-corrected chi connectivity index (χ0v) is 34.3. The Morgan fingerprint density at radius 3 is 2.03 bits per heavy atom. The van der Waals surface area contributed by atoms with Crippen LogP contribution in [0.15, 0.2) is 223 Å². The van der Waals surface area contributed by atoms with Crippen molar-refractivity contribution in [3.8, 4) is 27.9 Å². The van der Waals surface area contributed by atoms with Crippen molar-refractivity contribution in [1.82, 2.24) is 4.57 Å². The van der Waals surface area contributed by atoms with Crippen molar-refractivity contribution in [3.63, 3.8) is 0 Å². The monoisotopic (exact) mass is 808 g/mol. The van der Waals surface area contributed by atoms with Crippen molar-refractivity contribution in [2.24, 2.45) is 0 Å². The molecule has 0 atom stereocenters. The summed E-state index contributed by atoms with van der Waals surface area (Å²) in [6.45, 7) is 0. The fourth-order valence-electron chi connectivity index (χ4n) is 9.91. The summed E-state index contributed by atoms with van der Waals surface area (Å²) in [6.07, 6.45) is 0. The van der Waals surface area contributed by atoms with Gasteiger partial charge in [-0.3, -0.25) is 0 Å². The molecule has 3 aromatic heterocycles. The quantitative estimate of drug-likeness (QED) is 0.167. The van der Waals surface area contributed by atoms with Crippen LogP contribution in [-0.2, 0) is 0 Å². The number of fused-ring (bicyclic) bond motifs is 11. The molecular weight excluding hydrogens is 773 g/mol. The molecular formula is C58H36N2OS. The van der Waals surface area contributed by atoms with Gasteiger partial charge in [0.15, 0.2) is 0 Å². The number of furan rings is 1. The van der Waals surface area contributed by atoms with Gasteiger partial charge in [-0.1, -0.05) is 152 Å². The van der Waals surface area contributed by atoms with Gasteiger partial charge in [0, 0.05) is 64.2 Å². The van der Waals surface area contributed by atoms with Crippen molar-refractivity contribution in [2.75, 3.05) is 4.90 Å². The number of rotatable bonds is 6. The lowest BCUT2D eigenvalue weighted by Gasteiger charge is -2.29. The van der Waals surface area contributed by atoms with Crippen molar-refractivity contribution >= 4 is 103 Å². The van der Waals surface area contributed by atoms with Crippen molar-refractivity contribution in [2.45, 2.75) is 0 Å². The van der Waals surface area contributed by atoms with E-state index in [1.807, 2.05) is 11.3 Å². The molecule has 0 aliphatic heterocycles. The molecule has 4 heteroatoms. The third-order valence-corrected chi connectivity index (χ3v) is 13.8. The maximum atomic E-state index is 6.83. The highest BCUT2D eigenvalue weighted by molar-refractivity contribution is 7.26. The molecule has 3 nitrogen and oxygen atoms in total. The second-order valence-electron chi connectivity index (χ2n) is 16.0. The average Bonchev–Trinajstić information content (AvgIpc) is 4.03. The minimum atomic E-state index is 0.859. The van der Waals surface area contributed by atoms with Crippen LogP contribution in [0.3, 0.4) is 0 Å². The van der Waals surface area contributed by atoms with Gasteiger partial charge >= 0.3 is 0 Å². The fourth-order valence-corrected chi connectivity index (χ4v) is 11.1. The molecule has 0 unspecified atom stereocenters. The first-order chi connectivity index (χ1) is 30.8. The lowest BCUT2D eigenvalue weighted by atomic mass is 9.97. The predicted octanol–water partition coefficient (Wildman–Crippen LogP) is 17.0. The first-order valence-corrected chi connectivity index (χ1v) is 21.9. The molecule has 0 saturated carbocycles. The van der Waals surface area contributed by atoms with Crippen molar-refractivity contribution in [3.05, 3.63) is 218 Å². The van der Waals surface area contributed by atoms with E-state index in [9.17, 15) is 0 Å². The van der Waals surface area contributed by atoms with Gasteiger partial charge in [0.05, 0.1) is 27.8 Å². The topological polar surface area (TPSA) is 21.3 Å². The fraction of sp³-hybridized carbons (Fsp3) is 0. The lowest BCUT2D eigenvalue weighted by molar-refractivity contribution is 0.672. The summed E-state index contributed by atoms with van der Waals surface area (Å²) in [6, 6.07) is 79.2. The van der Waals surface area contributed by atoms with E-state index in [0.717, 1.165) is 61.0 Å². The van der Waals surface area contributed by atoms with Crippen LogP contribution in [0, 0.1) is 0 Å². The van der Waals surface area contributed by atoms with Crippen LogP contribution in [0.1, 0.15) is 0 Å². The Labute approximate surface area is 361 Å². The first-order valence-electron chi connectivity index (χ1n) is 21.1. The van der Waals surface area contributed by atoms with E-state index < -0.39 is 0 Å². The van der Waals surface area contributed by atoms with E-state index in [4.69, 9.17) is 4.42 Å². The SMILES string of the molecule is c1ccc(-n2c3ccccc3c3c(-c4cccc(N(c5ccccc5-c5cccc6c5sc5ccccc56)c5cccc6oc7c8ccccc8ccc7c56)c4)cccc32)cc1. The summed E-state index contributed by atoms with van der Waals surface area (Å²) in [5.41, 5.74) is 13.2. The third kappa shape index (κ3) is 5.24. The average molecular weight is 809 g/mol. The van der Waals surface area contributed by atoms with Crippen LogP contribution in [0.2, 0.25) is 0 Å². The van der Waals surface area contributed by atoms with Crippen LogP contribution in [0.5, 0.6) is 0 Å². The zero-order chi connectivity index (χ0) is 40.7. The number of hydrogen-bond acceptors (Lipinski definition) is 3. The van der Waals surface area contributed by atoms with E-state index in [1.165, 1.54) is 58.7 Å². The molecule has 0 radical (unpaired) electrons. The minimum Gasteiger partial charge on any atom is -0.455 e. The van der Waals surface area contributed by atoms with E-state index >= 15 is 0 Å². The maximum Gasteiger partial charge on any atom is 0.143 e. The standard InChI is InChI=1S/C58H36N2OS/c1-2-18-39(19-3-1)59-50-29-10-7-24-47(50)55-41(25-14-30-51(55)59)38-17-12-20-40(36-38)60(52-31-15-32-53-56(52)48-35-34-37-16-4-5-21-42(37)57(48)61-53)49-28-9-6-22-43(49)45-26-13-27-46-44-23-8-11-33-54(44)62-58(45)46/h1-36H. The first kappa shape index (κ1) is 34.9. The molecule has 0 spiro atoms. The molecule has 290 valence electrons. The molecule has 62 heavy (non-hydrogen) atoms. The molecule has 0 amide bonds. The van der Waals surface area contributed by atoms with Crippen molar-refractivity contribution in [1.29, 1.82) is 0 Å². The Balaban J connectivity index is 1.09. The number of benzene rings is 10. The molecule has 3 heterocycles. The van der Waals surface area contributed by atoms with E-state index in [2.05, 4.69) is 228 Å². The van der Waals surface area contributed by atoms with Gasteiger partial charge in [0.25, 0.3) is 0 Å². The summed E-state index contributed by atoms with van der Waals surface area (Å²) < 4.78 is 11.8. The minimum absolute atomic E-state index is 0.859. The highest BCUT2D eigenvalue weighted by Crippen LogP contribution is 2.50. The summed E-state index contributed by atoms with van der Waals surface area (Å²) in [5.74, 6) is 0. The van der Waals surface area contributed by atoms with Gasteiger partial charge in [0.2, 0.25) is 0 Å². The molecule has 13 aromatic rings. The molecule has 0 fully saturated rings. The largest absolute Gasteiger partial charge is 0.455 e. The molecule has 0 bridgehead atoms. The summed E-state index contributed by atoms with van der Waals surface area (Å²) in [7, 11) is 0. The van der Waals surface area contributed by atoms with Gasteiger partial charge < -0.3 is 13.9 Å². The number of para-hydroxylation sites is 3.